The maximum absolute atomic E-state index is 11.3. The fourth-order valence-electron chi connectivity index (χ4n) is 1.57. The van der Waals surface area contributed by atoms with Gasteiger partial charge in [0.2, 0.25) is 0 Å². The zero-order chi connectivity index (χ0) is 15.6. The molecule has 0 aliphatic rings. The number of nitrogens with zero attached hydrogens (tertiary/aromatic N) is 2. The molecule has 0 atom stereocenters. The molecule has 0 aliphatic heterocycles. The number of aromatic nitrogens is 2. The highest BCUT2D eigenvalue weighted by atomic mass is 79.9. The van der Waals surface area contributed by atoms with Gasteiger partial charge in [-0.15, -0.1) is 0 Å². The molecule has 1 aromatic heterocycles. The second-order valence-electron chi connectivity index (χ2n) is 4.58. The highest BCUT2D eigenvalue weighted by Gasteiger charge is 2.18. The number of carboxylic acid groups (broad SMARTS) is 1. The summed E-state index contributed by atoms with van der Waals surface area (Å²) in [4.78, 5) is 19.5. The van der Waals surface area contributed by atoms with E-state index in [0.717, 1.165) is 4.47 Å². The lowest BCUT2D eigenvalue weighted by Gasteiger charge is -2.11. The maximum Gasteiger partial charge on any atom is 0.358 e. The molecular formula is C14H12BrClN2O3. The van der Waals surface area contributed by atoms with E-state index in [9.17, 15) is 9.90 Å². The highest BCUT2D eigenvalue weighted by molar-refractivity contribution is 9.10. The molecule has 0 bridgehead atoms. The van der Waals surface area contributed by atoms with Gasteiger partial charge in [0.25, 0.3) is 0 Å². The van der Waals surface area contributed by atoms with Crippen LogP contribution in [0.15, 0.2) is 28.9 Å². The minimum Gasteiger partial charge on any atom is -0.476 e. The number of benzene rings is 1. The molecule has 1 aromatic carbocycles. The maximum atomic E-state index is 11.3. The van der Waals surface area contributed by atoms with E-state index in [1.54, 1.807) is 18.2 Å². The lowest BCUT2D eigenvalue weighted by atomic mass is 10.2. The Kier molecular flexibility index (Phi) is 4.80. The van der Waals surface area contributed by atoms with Gasteiger partial charge in [-0.25, -0.2) is 14.8 Å². The van der Waals surface area contributed by atoms with E-state index in [-0.39, 0.29) is 17.4 Å². The van der Waals surface area contributed by atoms with Gasteiger partial charge in [-0.05, 0) is 18.2 Å². The molecule has 0 fully saturated rings. The first-order valence-electron chi connectivity index (χ1n) is 6.11. The second-order valence-corrected chi connectivity index (χ2v) is 5.90. The van der Waals surface area contributed by atoms with Crippen LogP contribution in [-0.4, -0.2) is 21.0 Å². The van der Waals surface area contributed by atoms with E-state index in [2.05, 4.69) is 25.9 Å². The molecular weight excluding hydrogens is 360 g/mol. The van der Waals surface area contributed by atoms with Gasteiger partial charge >= 0.3 is 5.97 Å². The van der Waals surface area contributed by atoms with Crippen LogP contribution in [0.3, 0.4) is 0 Å². The number of rotatable bonds is 4. The minimum atomic E-state index is -1.18. The lowest BCUT2D eigenvalue weighted by Crippen LogP contribution is -2.08. The van der Waals surface area contributed by atoms with Crippen LogP contribution in [0.1, 0.15) is 36.1 Å². The van der Waals surface area contributed by atoms with Crippen LogP contribution in [0.5, 0.6) is 11.5 Å². The molecule has 0 amide bonds. The summed E-state index contributed by atoms with van der Waals surface area (Å²) in [6.07, 6.45) is 1.35. The van der Waals surface area contributed by atoms with Crippen LogP contribution in [0, 0.1) is 0 Å². The summed E-state index contributed by atoms with van der Waals surface area (Å²) >= 11 is 9.34. The number of ether oxygens (including phenoxy) is 1. The Balaban J connectivity index is 2.41. The summed E-state index contributed by atoms with van der Waals surface area (Å²) in [5.74, 6) is -0.322. The number of carbonyl (C=O) groups is 1. The normalized spacial score (nSPS) is 10.7. The van der Waals surface area contributed by atoms with Gasteiger partial charge in [0.05, 0.1) is 11.2 Å². The topological polar surface area (TPSA) is 72.3 Å². The summed E-state index contributed by atoms with van der Waals surface area (Å²) in [7, 11) is 0. The molecule has 0 radical (unpaired) electrons. The summed E-state index contributed by atoms with van der Waals surface area (Å²) in [5, 5.41) is 9.61. The quantitative estimate of drug-likeness (QED) is 0.856. The van der Waals surface area contributed by atoms with Crippen LogP contribution in [0.4, 0.5) is 0 Å². The van der Waals surface area contributed by atoms with Crippen molar-refractivity contribution in [3.05, 3.63) is 45.4 Å². The third-order valence-electron chi connectivity index (χ3n) is 2.61. The molecule has 5 nitrogen and oxygen atoms in total. The molecule has 0 saturated carbocycles. The molecule has 2 aromatic rings. The molecule has 0 aliphatic carbocycles. The van der Waals surface area contributed by atoms with Crippen LogP contribution in [0.25, 0.3) is 0 Å². The van der Waals surface area contributed by atoms with Gasteiger partial charge in [-0.2, -0.15) is 0 Å². The summed E-state index contributed by atoms with van der Waals surface area (Å²) in [6, 6.07) is 5.03. The van der Waals surface area contributed by atoms with E-state index in [1.807, 2.05) is 13.8 Å². The van der Waals surface area contributed by atoms with E-state index in [0.29, 0.717) is 16.6 Å². The van der Waals surface area contributed by atoms with Crippen molar-refractivity contribution in [3.8, 4) is 11.5 Å². The minimum absolute atomic E-state index is 0.0217. The van der Waals surface area contributed by atoms with Crippen LogP contribution in [0.2, 0.25) is 5.02 Å². The summed E-state index contributed by atoms with van der Waals surface area (Å²) in [6.45, 7) is 3.76. The Labute approximate surface area is 135 Å². The average Bonchev–Trinajstić information content (AvgIpc) is 2.41. The number of hydrogen-bond donors (Lipinski definition) is 1. The molecule has 1 N–H and O–H groups in total. The Morgan fingerprint density at radius 1 is 1.38 bits per heavy atom. The van der Waals surface area contributed by atoms with Crippen molar-refractivity contribution in [2.45, 2.75) is 19.8 Å². The monoisotopic (exact) mass is 370 g/mol. The Hall–Kier alpha value is -1.66. The van der Waals surface area contributed by atoms with Crippen molar-refractivity contribution in [2.24, 2.45) is 0 Å². The van der Waals surface area contributed by atoms with Gasteiger partial charge in [0, 0.05) is 10.4 Å². The predicted octanol–water partition coefficient (Wildman–Crippen LogP) is 4.51. The number of aromatic carboxylic acids is 1. The van der Waals surface area contributed by atoms with Gasteiger partial charge in [-0.3, -0.25) is 0 Å². The molecule has 0 unspecified atom stereocenters. The Bertz CT molecular complexity index is 692. The van der Waals surface area contributed by atoms with E-state index < -0.39 is 5.97 Å². The molecule has 0 spiro atoms. The molecule has 21 heavy (non-hydrogen) atoms. The number of carboxylic acids is 1. The highest BCUT2D eigenvalue weighted by Crippen LogP contribution is 2.32. The molecule has 7 heteroatoms. The first kappa shape index (κ1) is 15.7. The molecule has 110 valence electrons. The first-order chi connectivity index (χ1) is 9.88. The van der Waals surface area contributed by atoms with Gasteiger partial charge in [-0.1, -0.05) is 41.4 Å². The first-order valence-corrected chi connectivity index (χ1v) is 7.28. The number of hydrogen-bond acceptors (Lipinski definition) is 4. The Morgan fingerprint density at radius 2 is 2.10 bits per heavy atom. The summed E-state index contributed by atoms with van der Waals surface area (Å²) in [5.41, 5.74) is -0.187. The van der Waals surface area contributed by atoms with Gasteiger partial charge in [0.15, 0.2) is 11.4 Å². The van der Waals surface area contributed by atoms with Crippen LogP contribution >= 0.6 is 27.5 Å². The fourth-order valence-corrected chi connectivity index (χ4v) is 2.28. The zero-order valence-corrected chi connectivity index (χ0v) is 13.6. The SMILES string of the molecule is CC(C)c1ncc(Oc2ccc(Br)cc2Cl)c(C(=O)O)n1. The Morgan fingerprint density at radius 3 is 2.67 bits per heavy atom. The van der Waals surface area contributed by atoms with Gasteiger partial charge < -0.3 is 9.84 Å². The van der Waals surface area contributed by atoms with E-state index in [1.165, 1.54) is 6.20 Å². The van der Waals surface area contributed by atoms with E-state index >= 15 is 0 Å². The zero-order valence-electron chi connectivity index (χ0n) is 11.3. The third kappa shape index (κ3) is 3.71. The summed E-state index contributed by atoms with van der Waals surface area (Å²) < 4.78 is 6.33. The van der Waals surface area contributed by atoms with Gasteiger partial charge in [0.1, 0.15) is 11.6 Å². The smallest absolute Gasteiger partial charge is 0.358 e. The average molecular weight is 372 g/mol. The predicted molar refractivity (Wildman–Crippen MR) is 82.3 cm³/mol. The largest absolute Gasteiger partial charge is 0.476 e. The molecule has 1 heterocycles. The molecule has 2 rings (SSSR count). The van der Waals surface area contributed by atoms with Crippen molar-refractivity contribution in [1.82, 2.24) is 9.97 Å². The van der Waals surface area contributed by atoms with Crippen molar-refractivity contribution >= 4 is 33.5 Å². The van der Waals surface area contributed by atoms with Crippen molar-refractivity contribution < 1.29 is 14.6 Å². The van der Waals surface area contributed by atoms with Crippen molar-refractivity contribution in [3.63, 3.8) is 0 Å². The standard InChI is InChI=1S/C14H12BrClN2O3/c1-7(2)13-17-6-11(12(18-13)14(19)20)21-10-4-3-8(15)5-9(10)16/h3-7H,1-2H3,(H,19,20). The number of halogens is 2. The molecule has 0 saturated heterocycles. The van der Waals surface area contributed by atoms with Crippen LogP contribution in [-0.2, 0) is 0 Å². The third-order valence-corrected chi connectivity index (χ3v) is 3.40. The fraction of sp³-hybridized carbons (Fsp3) is 0.214. The second kappa shape index (κ2) is 6.41. The lowest BCUT2D eigenvalue weighted by molar-refractivity contribution is 0.0686. The van der Waals surface area contributed by atoms with Crippen molar-refractivity contribution in [2.75, 3.05) is 0 Å². The van der Waals surface area contributed by atoms with E-state index in [4.69, 9.17) is 16.3 Å². The van der Waals surface area contributed by atoms with Crippen LogP contribution < -0.4 is 4.74 Å². The van der Waals surface area contributed by atoms with Crippen molar-refractivity contribution in [1.29, 1.82) is 0 Å².